The van der Waals surface area contributed by atoms with E-state index in [1.165, 1.54) is 35.2 Å². The summed E-state index contributed by atoms with van der Waals surface area (Å²) in [5, 5.41) is 3.28. The van der Waals surface area contributed by atoms with E-state index in [2.05, 4.69) is 10.3 Å². The van der Waals surface area contributed by atoms with Crippen LogP contribution >= 0.6 is 12.4 Å². The summed E-state index contributed by atoms with van der Waals surface area (Å²) in [5.41, 5.74) is -2.32. The van der Waals surface area contributed by atoms with Crippen LogP contribution in [0.25, 0.3) is 22.0 Å². The fourth-order valence-electron chi connectivity index (χ4n) is 4.10. The largest absolute Gasteiger partial charge is 0.455 e. The van der Waals surface area contributed by atoms with Gasteiger partial charge >= 0.3 is 18.2 Å². The second-order valence-electron chi connectivity index (χ2n) is 8.92. The fourth-order valence-corrected chi connectivity index (χ4v) is 4.10. The van der Waals surface area contributed by atoms with Crippen LogP contribution in [0.5, 0.6) is 0 Å². The topological polar surface area (TPSA) is 101 Å². The van der Waals surface area contributed by atoms with Crippen molar-refractivity contribution in [2.24, 2.45) is 0 Å². The van der Waals surface area contributed by atoms with Gasteiger partial charge in [0.15, 0.2) is 6.10 Å². The van der Waals surface area contributed by atoms with Gasteiger partial charge in [0, 0.05) is 22.3 Å². The molecular weight excluding hydrogens is 515 g/mol. The first-order valence-electron chi connectivity index (χ1n) is 11.1. The molecule has 0 saturated carbocycles. The van der Waals surface area contributed by atoms with E-state index in [0.717, 1.165) is 6.07 Å². The maximum atomic E-state index is 13.5. The van der Waals surface area contributed by atoms with Gasteiger partial charge in [-0.1, -0.05) is 24.3 Å². The molecule has 0 unspecified atom stereocenters. The summed E-state index contributed by atoms with van der Waals surface area (Å²) in [7, 11) is 1.60. The molecule has 3 aromatic rings. The van der Waals surface area contributed by atoms with Gasteiger partial charge in [-0.05, 0) is 50.5 Å². The van der Waals surface area contributed by atoms with E-state index in [4.69, 9.17) is 9.47 Å². The van der Waals surface area contributed by atoms with E-state index >= 15 is 0 Å². The zero-order valence-electron chi connectivity index (χ0n) is 20.1. The Balaban J connectivity index is 0.00000380. The number of aromatic amines is 1. The first-order chi connectivity index (χ1) is 16.9. The Hall–Kier alpha value is -3.57. The van der Waals surface area contributed by atoms with Gasteiger partial charge in [-0.3, -0.25) is 14.5 Å². The number of alkyl halides is 3. The van der Waals surface area contributed by atoms with Crippen LogP contribution in [0.4, 0.5) is 23.7 Å². The highest BCUT2D eigenvalue weighted by molar-refractivity contribution is 5.95. The number of hydrogen-bond acceptors (Lipinski definition) is 6. The number of hydrogen-bond donors (Lipinski definition) is 2. The molecule has 2 heterocycles. The first kappa shape index (κ1) is 28.0. The third-order valence-corrected chi connectivity index (χ3v) is 5.95. The van der Waals surface area contributed by atoms with Crippen molar-refractivity contribution < 1.29 is 32.2 Å². The molecule has 2 N–H and O–H groups in total. The molecule has 2 aromatic carbocycles. The Morgan fingerprint density at radius 2 is 1.86 bits per heavy atom. The average molecular weight is 540 g/mol. The number of H-pyrrole nitrogens is 1. The maximum absolute atomic E-state index is 13.5. The predicted molar refractivity (Wildman–Crippen MR) is 134 cm³/mol. The highest BCUT2D eigenvalue weighted by Gasteiger charge is 2.44. The molecular formula is C25H25ClF3N3O5. The quantitative estimate of drug-likeness (QED) is 0.447. The van der Waals surface area contributed by atoms with E-state index in [1.807, 2.05) is 0 Å². The van der Waals surface area contributed by atoms with E-state index in [-0.39, 0.29) is 42.1 Å². The third-order valence-electron chi connectivity index (χ3n) is 5.95. The minimum absolute atomic E-state index is 0. The number of halogens is 4. The van der Waals surface area contributed by atoms with Crippen molar-refractivity contribution in [2.75, 3.05) is 25.0 Å². The predicted octanol–water partition coefficient (Wildman–Crippen LogP) is 4.50. The molecule has 0 aliphatic carbocycles. The number of nitrogens with zero attached hydrogens (tertiary/aromatic N) is 1. The normalized spacial score (nSPS) is 15.9. The lowest BCUT2D eigenvalue weighted by Gasteiger charge is -2.29. The molecule has 198 valence electrons. The van der Waals surface area contributed by atoms with Crippen molar-refractivity contribution >= 4 is 40.9 Å². The molecule has 1 saturated heterocycles. The number of cyclic esters (lactones) is 1. The highest BCUT2D eigenvalue weighted by Crippen LogP contribution is 2.37. The number of pyridine rings is 1. The SMILES string of the molecule is CNCC(=O)OC(C)(C)[C@@H]1CN(c2ccc3cc(-c4ccccc4C(F)(F)F)[nH]c(=O)c3c2)C(=O)O1.Cl. The molecule has 0 bridgehead atoms. The number of benzene rings is 2. The minimum atomic E-state index is -4.59. The number of nitrogens with one attached hydrogen (secondary N) is 2. The standard InChI is InChI=1S/C25H24F3N3O5.ClH/c1-24(2,36-21(32)12-29-3)20-13-31(23(34)35-20)15-9-8-14-10-19(30-22(33)17(14)11-15)16-6-4-5-7-18(16)25(26,27)28;/h4-11,20,29H,12-13H2,1-3H3,(H,30,33);1H/t20-;/m0./s1. The zero-order chi connectivity index (χ0) is 26.3. The van der Waals surface area contributed by atoms with Crippen molar-refractivity contribution in [1.82, 2.24) is 10.3 Å². The van der Waals surface area contributed by atoms with Crippen LogP contribution in [0.1, 0.15) is 19.4 Å². The number of carbonyl (C=O) groups is 2. The summed E-state index contributed by atoms with van der Waals surface area (Å²) in [6.45, 7) is 3.33. The fraction of sp³-hybridized carbons (Fsp3) is 0.320. The molecule has 0 radical (unpaired) electrons. The first-order valence-corrected chi connectivity index (χ1v) is 11.1. The van der Waals surface area contributed by atoms with Gasteiger partial charge < -0.3 is 19.8 Å². The zero-order valence-corrected chi connectivity index (χ0v) is 21.0. The second-order valence-corrected chi connectivity index (χ2v) is 8.92. The van der Waals surface area contributed by atoms with Crippen LogP contribution < -0.4 is 15.8 Å². The van der Waals surface area contributed by atoms with Crippen LogP contribution in [-0.2, 0) is 20.4 Å². The van der Waals surface area contributed by atoms with Crippen LogP contribution in [0.2, 0.25) is 0 Å². The minimum Gasteiger partial charge on any atom is -0.455 e. The molecule has 1 aromatic heterocycles. The molecule has 4 rings (SSSR count). The number of ether oxygens (including phenoxy) is 2. The second kappa shape index (κ2) is 10.4. The van der Waals surface area contributed by atoms with Gasteiger partial charge in [0.2, 0.25) is 0 Å². The number of carbonyl (C=O) groups excluding carboxylic acids is 2. The molecule has 1 aliphatic rings. The van der Waals surface area contributed by atoms with Gasteiger partial charge in [-0.2, -0.15) is 13.2 Å². The lowest BCUT2D eigenvalue weighted by Crippen LogP contribution is -2.44. The molecule has 1 fully saturated rings. The number of rotatable bonds is 6. The average Bonchev–Trinajstić information content (AvgIpc) is 3.21. The number of fused-ring (bicyclic) bond motifs is 1. The summed E-state index contributed by atoms with van der Waals surface area (Å²) >= 11 is 0. The molecule has 8 nitrogen and oxygen atoms in total. The summed E-state index contributed by atoms with van der Waals surface area (Å²) in [4.78, 5) is 41.2. The van der Waals surface area contributed by atoms with Crippen molar-refractivity contribution in [3.8, 4) is 11.3 Å². The lowest BCUT2D eigenvalue weighted by molar-refractivity contribution is -0.163. The van der Waals surface area contributed by atoms with E-state index in [1.54, 1.807) is 33.0 Å². The number of aromatic nitrogens is 1. The Kier molecular flexibility index (Phi) is 7.89. The molecule has 1 amide bonds. The van der Waals surface area contributed by atoms with Crippen molar-refractivity contribution in [2.45, 2.75) is 31.7 Å². The van der Waals surface area contributed by atoms with Gasteiger partial charge in [-0.25, -0.2) is 4.79 Å². The van der Waals surface area contributed by atoms with Gasteiger partial charge in [0.25, 0.3) is 5.56 Å². The molecule has 37 heavy (non-hydrogen) atoms. The highest BCUT2D eigenvalue weighted by atomic mass is 35.5. The van der Waals surface area contributed by atoms with Crippen molar-refractivity contribution in [3.05, 3.63) is 64.4 Å². The Bertz CT molecular complexity index is 1390. The monoisotopic (exact) mass is 539 g/mol. The summed E-state index contributed by atoms with van der Waals surface area (Å²) in [6.07, 6.45) is -6.03. The molecule has 1 atom stereocenters. The third kappa shape index (κ3) is 5.72. The van der Waals surface area contributed by atoms with Crippen LogP contribution in [0.3, 0.4) is 0 Å². The Morgan fingerprint density at radius 1 is 1.16 bits per heavy atom. The van der Waals surface area contributed by atoms with Crippen LogP contribution in [0.15, 0.2) is 53.3 Å². The van der Waals surface area contributed by atoms with Crippen molar-refractivity contribution in [3.63, 3.8) is 0 Å². The van der Waals surface area contributed by atoms with Gasteiger partial charge in [0.05, 0.1) is 18.7 Å². The Labute approximate surface area is 216 Å². The molecule has 1 aliphatic heterocycles. The summed E-state index contributed by atoms with van der Waals surface area (Å²) < 4.78 is 51.3. The van der Waals surface area contributed by atoms with Crippen LogP contribution in [-0.4, -0.2) is 48.9 Å². The number of esters is 1. The molecule has 12 heteroatoms. The summed E-state index contributed by atoms with van der Waals surface area (Å²) in [5.74, 6) is -0.503. The summed E-state index contributed by atoms with van der Waals surface area (Å²) in [6, 6.07) is 11.0. The van der Waals surface area contributed by atoms with Crippen molar-refractivity contribution in [1.29, 1.82) is 0 Å². The van der Waals surface area contributed by atoms with E-state index in [9.17, 15) is 27.6 Å². The number of likely N-dealkylation sites (N-methyl/N-ethyl adjacent to an activating group) is 1. The van der Waals surface area contributed by atoms with Crippen LogP contribution in [0, 0.1) is 0 Å². The Morgan fingerprint density at radius 3 is 2.54 bits per heavy atom. The number of anilines is 1. The van der Waals surface area contributed by atoms with Gasteiger partial charge in [0.1, 0.15) is 5.60 Å². The smallest absolute Gasteiger partial charge is 0.417 e. The van der Waals surface area contributed by atoms with E-state index in [0.29, 0.717) is 11.1 Å². The van der Waals surface area contributed by atoms with E-state index < -0.39 is 41.1 Å². The lowest BCUT2D eigenvalue weighted by atomic mass is 10.0. The number of amides is 1. The molecule has 0 spiro atoms. The maximum Gasteiger partial charge on any atom is 0.417 e. The van der Waals surface area contributed by atoms with Gasteiger partial charge in [-0.15, -0.1) is 12.4 Å².